The predicted molar refractivity (Wildman–Crippen MR) is 119 cm³/mol. The summed E-state index contributed by atoms with van der Waals surface area (Å²) in [5, 5.41) is 5.03. The van der Waals surface area contributed by atoms with Crippen LogP contribution in [0.25, 0.3) is 10.9 Å². The van der Waals surface area contributed by atoms with Crippen LogP contribution in [0.2, 0.25) is 0 Å². The lowest BCUT2D eigenvalue weighted by Crippen LogP contribution is -2.13. The van der Waals surface area contributed by atoms with Crippen molar-refractivity contribution in [2.24, 2.45) is 0 Å². The largest absolute Gasteiger partial charge is 0.497 e. The molecule has 3 aromatic rings. The molecule has 1 amide bonds. The average molecular weight is 411 g/mol. The number of methoxy groups -OCH3 is 2. The second-order valence-corrected chi connectivity index (χ2v) is 8.08. The SMILES string of the molecule is COc1ccc(OC)c(NC(=O)CCSc2cc(C)c3cc(C)cc(C)c3n2)c1. The smallest absolute Gasteiger partial charge is 0.225 e. The number of aryl methyl sites for hydroxylation is 3. The summed E-state index contributed by atoms with van der Waals surface area (Å²) in [6.07, 6.45) is 0.372. The van der Waals surface area contributed by atoms with Crippen molar-refractivity contribution in [1.82, 2.24) is 4.98 Å². The molecule has 6 heteroatoms. The summed E-state index contributed by atoms with van der Waals surface area (Å²) in [4.78, 5) is 17.2. The Bertz CT molecular complexity index is 1050. The summed E-state index contributed by atoms with van der Waals surface area (Å²) in [6, 6.07) is 11.7. The van der Waals surface area contributed by atoms with Crippen LogP contribution in [0.4, 0.5) is 5.69 Å². The summed E-state index contributed by atoms with van der Waals surface area (Å²) in [5.41, 5.74) is 5.25. The molecule has 5 nitrogen and oxygen atoms in total. The van der Waals surface area contributed by atoms with Crippen molar-refractivity contribution in [3.63, 3.8) is 0 Å². The molecule has 3 rings (SSSR count). The number of nitrogens with one attached hydrogen (secondary N) is 1. The van der Waals surface area contributed by atoms with E-state index in [0.717, 1.165) is 10.5 Å². The molecule has 1 N–H and O–H groups in total. The molecule has 1 heterocycles. The Kier molecular flexibility index (Phi) is 6.64. The van der Waals surface area contributed by atoms with Gasteiger partial charge in [0.25, 0.3) is 0 Å². The van der Waals surface area contributed by atoms with E-state index in [9.17, 15) is 4.79 Å². The minimum atomic E-state index is -0.0756. The highest BCUT2D eigenvalue weighted by atomic mass is 32.2. The fourth-order valence-corrected chi connectivity index (χ4v) is 4.17. The molecule has 0 saturated carbocycles. The molecule has 0 bridgehead atoms. The monoisotopic (exact) mass is 410 g/mol. The number of amides is 1. The molecular weight excluding hydrogens is 384 g/mol. The quantitative estimate of drug-likeness (QED) is 0.536. The summed E-state index contributed by atoms with van der Waals surface area (Å²) in [5.74, 6) is 1.83. The van der Waals surface area contributed by atoms with Crippen LogP contribution in [0.3, 0.4) is 0 Å². The molecule has 0 fully saturated rings. The van der Waals surface area contributed by atoms with Gasteiger partial charge in [-0.3, -0.25) is 4.79 Å². The molecule has 0 radical (unpaired) electrons. The van der Waals surface area contributed by atoms with E-state index in [0.29, 0.717) is 29.4 Å². The van der Waals surface area contributed by atoms with Crippen LogP contribution in [-0.4, -0.2) is 30.9 Å². The Morgan fingerprint density at radius 3 is 2.55 bits per heavy atom. The van der Waals surface area contributed by atoms with Crippen LogP contribution >= 0.6 is 11.8 Å². The summed E-state index contributed by atoms with van der Waals surface area (Å²) < 4.78 is 10.5. The zero-order valence-corrected chi connectivity index (χ0v) is 18.3. The average Bonchev–Trinajstić information content (AvgIpc) is 2.69. The van der Waals surface area contributed by atoms with Gasteiger partial charge in [-0.2, -0.15) is 0 Å². The van der Waals surface area contributed by atoms with E-state index in [2.05, 4.69) is 44.3 Å². The summed E-state index contributed by atoms with van der Waals surface area (Å²) in [7, 11) is 3.16. The Morgan fingerprint density at radius 1 is 1.03 bits per heavy atom. The molecule has 0 aliphatic heterocycles. The van der Waals surface area contributed by atoms with Gasteiger partial charge in [0.05, 0.1) is 30.4 Å². The van der Waals surface area contributed by atoms with Crippen molar-refractivity contribution >= 4 is 34.3 Å². The van der Waals surface area contributed by atoms with E-state index in [4.69, 9.17) is 14.5 Å². The van der Waals surface area contributed by atoms with Gasteiger partial charge in [-0.25, -0.2) is 4.98 Å². The summed E-state index contributed by atoms with van der Waals surface area (Å²) >= 11 is 1.59. The third-order valence-electron chi connectivity index (χ3n) is 4.69. The fourth-order valence-electron chi connectivity index (χ4n) is 3.26. The molecule has 0 atom stereocenters. The number of nitrogens with zero attached hydrogens (tertiary/aromatic N) is 1. The molecule has 152 valence electrons. The number of aromatic nitrogens is 1. The fraction of sp³-hybridized carbons (Fsp3) is 0.304. The number of hydrogen-bond donors (Lipinski definition) is 1. The molecule has 29 heavy (non-hydrogen) atoms. The highest BCUT2D eigenvalue weighted by Crippen LogP contribution is 2.30. The maximum atomic E-state index is 12.4. The van der Waals surface area contributed by atoms with Crippen molar-refractivity contribution in [3.8, 4) is 11.5 Å². The van der Waals surface area contributed by atoms with Crippen molar-refractivity contribution in [1.29, 1.82) is 0 Å². The van der Waals surface area contributed by atoms with Crippen LogP contribution in [-0.2, 0) is 4.79 Å². The number of carbonyl (C=O) groups excluding carboxylic acids is 1. The van der Waals surface area contributed by atoms with Gasteiger partial charge >= 0.3 is 0 Å². The van der Waals surface area contributed by atoms with Crippen molar-refractivity contribution in [3.05, 3.63) is 53.1 Å². The maximum absolute atomic E-state index is 12.4. The van der Waals surface area contributed by atoms with Crippen LogP contribution in [0.15, 0.2) is 41.4 Å². The van der Waals surface area contributed by atoms with E-state index in [-0.39, 0.29) is 5.91 Å². The van der Waals surface area contributed by atoms with Crippen LogP contribution in [0, 0.1) is 20.8 Å². The van der Waals surface area contributed by atoms with Crippen molar-refractivity contribution < 1.29 is 14.3 Å². The second-order valence-electron chi connectivity index (χ2n) is 6.97. The van der Waals surface area contributed by atoms with Crippen molar-refractivity contribution in [2.45, 2.75) is 32.2 Å². The third-order valence-corrected chi connectivity index (χ3v) is 5.60. The zero-order chi connectivity index (χ0) is 21.0. The number of anilines is 1. The number of benzene rings is 2. The topological polar surface area (TPSA) is 60.5 Å². The molecular formula is C23H26N2O3S. The number of thioether (sulfide) groups is 1. The molecule has 0 unspecified atom stereocenters. The van der Waals surface area contributed by atoms with E-state index < -0.39 is 0 Å². The van der Waals surface area contributed by atoms with E-state index in [1.54, 1.807) is 44.2 Å². The van der Waals surface area contributed by atoms with Gasteiger partial charge in [0, 0.05) is 23.6 Å². The highest BCUT2D eigenvalue weighted by Gasteiger charge is 2.11. The number of rotatable bonds is 7. The Balaban J connectivity index is 1.65. The number of pyridine rings is 1. The van der Waals surface area contributed by atoms with Crippen molar-refractivity contribution in [2.75, 3.05) is 25.3 Å². The number of fused-ring (bicyclic) bond motifs is 1. The van der Waals surface area contributed by atoms with Gasteiger partial charge in [0.15, 0.2) is 0 Å². The lowest BCUT2D eigenvalue weighted by molar-refractivity contribution is -0.115. The van der Waals surface area contributed by atoms with Gasteiger partial charge in [0.2, 0.25) is 5.91 Å². The molecule has 2 aromatic carbocycles. The number of ether oxygens (including phenoxy) is 2. The van der Waals surface area contributed by atoms with E-state index in [1.807, 2.05) is 0 Å². The molecule has 0 saturated heterocycles. The molecule has 0 aliphatic rings. The first-order valence-corrected chi connectivity index (χ1v) is 10.4. The van der Waals surface area contributed by atoms with Crippen LogP contribution < -0.4 is 14.8 Å². The lowest BCUT2D eigenvalue weighted by atomic mass is 10.0. The predicted octanol–water partition coefficient (Wildman–Crippen LogP) is 5.30. The molecule has 1 aromatic heterocycles. The van der Waals surface area contributed by atoms with Gasteiger partial charge in [0.1, 0.15) is 11.5 Å². The zero-order valence-electron chi connectivity index (χ0n) is 17.5. The Morgan fingerprint density at radius 2 is 1.83 bits per heavy atom. The van der Waals surface area contributed by atoms with Gasteiger partial charge < -0.3 is 14.8 Å². The van der Waals surface area contributed by atoms with Gasteiger partial charge in [-0.15, -0.1) is 11.8 Å². The second kappa shape index (κ2) is 9.18. The first-order chi connectivity index (χ1) is 13.9. The standard InChI is InChI=1S/C23H26N2O3S/c1-14-10-16(3)23-18(11-14)15(2)12-22(25-23)29-9-8-21(26)24-19-13-17(27-4)6-7-20(19)28-5/h6-7,10-13H,8-9H2,1-5H3,(H,24,26). The summed E-state index contributed by atoms with van der Waals surface area (Å²) in [6.45, 7) is 6.30. The minimum absolute atomic E-state index is 0.0756. The minimum Gasteiger partial charge on any atom is -0.497 e. The lowest BCUT2D eigenvalue weighted by Gasteiger charge is -2.12. The Hall–Kier alpha value is -2.73. The van der Waals surface area contributed by atoms with Crippen LogP contribution in [0.5, 0.6) is 11.5 Å². The maximum Gasteiger partial charge on any atom is 0.225 e. The normalized spacial score (nSPS) is 10.8. The highest BCUT2D eigenvalue weighted by molar-refractivity contribution is 7.99. The van der Waals surface area contributed by atoms with Gasteiger partial charge in [-0.1, -0.05) is 11.6 Å². The van der Waals surface area contributed by atoms with Gasteiger partial charge in [-0.05, 0) is 56.2 Å². The first kappa shape index (κ1) is 21.0. The van der Waals surface area contributed by atoms with Crippen LogP contribution in [0.1, 0.15) is 23.1 Å². The number of carbonyl (C=O) groups is 1. The first-order valence-electron chi connectivity index (χ1n) is 9.44. The Labute approximate surface area is 175 Å². The number of hydrogen-bond acceptors (Lipinski definition) is 5. The van der Waals surface area contributed by atoms with E-state index >= 15 is 0 Å². The molecule has 0 spiro atoms. The van der Waals surface area contributed by atoms with E-state index in [1.165, 1.54) is 22.1 Å². The molecule has 0 aliphatic carbocycles. The third kappa shape index (κ3) is 5.01.